The van der Waals surface area contributed by atoms with E-state index < -0.39 is 4.92 Å². The third-order valence-electron chi connectivity index (χ3n) is 4.76. The third-order valence-corrected chi connectivity index (χ3v) is 4.76. The lowest BCUT2D eigenvalue weighted by molar-refractivity contribution is -0.385. The fraction of sp³-hybridized carbons (Fsp3) is 0.300. The number of piperidine rings is 1. The molecule has 2 aromatic carbocycles. The van der Waals surface area contributed by atoms with Crippen LogP contribution in [0.3, 0.4) is 0 Å². The van der Waals surface area contributed by atoms with Gasteiger partial charge in [-0.3, -0.25) is 19.7 Å². The summed E-state index contributed by atoms with van der Waals surface area (Å²) in [6.07, 6.45) is 1.46. The number of hydrogen-bond donors (Lipinski definition) is 1. The average molecular weight is 367 g/mol. The van der Waals surface area contributed by atoms with Crippen LogP contribution < -0.4 is 5.32 Å². The Morgan fingerprint density at radius 3 is 2.59 bits per heavy atom. The number of nitro groups is 1. The number of carbonyl (C=O) groups is 2. The Morgan fingerprint density at radius 2 is 1.93 bits per heavy atom. The quantitative estimate of drug-likeness (QED) is 0.662. The Kier molecular flexibility index (Phi) is 5.49. The van der Waals surface area contributed by atoms with Crippen LogP contribution in [0.25, 0.3) is 0 Å². The lowest BCUT2D eigenvalue weighted by Crippen LogP contribution is -2.43. The summed E-state index contributed by atoms with van der Waals surface area (Å²) in [5.74, 6) is -0.578. The summed E-state index contributed by atoms with van der Waals surface area (Å²) in [4.78, 5) is 37.4. The van der Waals surface area contributed by atoms with Gasteiger partial charge in [-0.25, -0.2) is 0 Å². The van der Waals surface area contributed by atoms with Crippen LogP contribution >= 0.6 is 0 Å². The average Bonchev–Trinajstić information content (AvgIpc) is 2.68. The predicted molar refractivity (Wildman–Crippen MR) is 102 cm³/mol. The van der Waals surface area contributed by atoms with E-state index in [0.717, 1.165) is 18.5 Å². The van der Waals surface area contributed by atoms with Gasteiger partial charge in [0.25, 0.3) is 11.6 Å². The van der Waals surface area contributed by atoms with Gasteiger partial charge in [0.15, 0.2) is 0 Å². The van der Waals surface area contributed by atoms with E-state index in [1.165, 1.54) is 18.2 Å². The molecule has 2 amide bonds. The second kappa shape index (κ2) is 7.99. The number of hydrogen-bond acceptors (Lipinski definition) is 4. The molecule has 1 aliphatic heterocycles. The van der Waals surface area contributed by atoms with Crippen molar-refractivity contribution in [3.8, 4) is 0 Å². The van der Waals surface area contributed by atoms with Crippen molar-refractivity contribution in [2.75, 3.05) is 18.4 Å². The molecular formula is C20H21N3O4. The summed E-state index contributed by atoms with van der Waals surface area (Å²) in [5, 5.41) is 13.8. The van der Waals surface area contributed by atoms with Gasteiger partial charge in [0, 0.05) is 36.0 Å². The second-order valence-corrected chi connectivity index (χ2v) is 6.70. The minimum absolute atomic E-state index is 0.00897. The maximum Gasteiger partial charge on any atom is 0.272 e. The Balaban J connectivity index is 1.68. The van der Waals surface area contributed by atoms with Crippen LogP contribution in [0.2, 0.25) is 0 Å². The first kappa shape index (κ1) is 18.6. The van der Waals surface area contributed by atoms with Crippen LogP contribution in [-0.2, 0) is 4.79 Å². The zero-order chi connectivity index (χ0) is 19.4. The number of nitrogens with one attached hydrogen (secondary N) is 1. The molecule has 0 aromatic heterocycles. The summed E-state index contributed by atoms with van der Waals surface area (Å²) < 4.78 is 0. The van der Waals surface area contributed by atoms with E-state index in [0.29, 0.717) is 24.2 Å². The number of aryl methyl sites for hydroxylation is 1. The van der Waals surface area contributed by atoms with Crippen molar-refractivity contribution >= 4 is 23.2 Å². The Bertz CT molecular complexity index is 867. The first-order chi connectivity index (χ1) is 13.0. The Hall–Kier alpha value is -3.22. The molecule has 0 radical (unpaired) electrons. The minimum atomic E-state index is -0.464. The lowest BCUT2D eigenvalue weighted by atomic mass is 9.96. The maximum atomic E-state index is 12.8. The number of para-hydroxylation sites is 1. The van der Waals surface area contributed by atoms with Gasteiger partial charge in [-0.15, -0.1) is 0 Å². The maximum absolute atomic E-state index is 12.8. The van der Waals surface area contributed by atoms with Crippen molar-refractivity contribution in [1.29, 1.82) is 0 Å². The monoisotopic (exact) mass is 367 g/mol. The number of nitrogens with zero attached hydrogens (tertiary/aromatic N) is 2. The standard InChI is InChI=1S/C20H21N3O4/c1-14-12-15(9-10-18(14)23(26)27)20(25)22-11-5-6-16(13-22)19(24)21-17-7-3-2-4-8-17/h2-4,7-10,12,16H,5-6,11,13H2,1H3,(H,21,24). The van der Waals surface area contributed by atoms with E-state index >= 15 is 0 Å². The molecule has 0 saturated carbocycles. The Labute approximate surface area is 157 Å². The highest BCUT2D eigenvalue weighted by atomic mass is 16.6. The summed E-state index contributed by atoms with van der Waals surface area (Å²) in [6, 6.07) is 13.6. The van der Waals surface area contributed by atoms with Gasteiger partial charge < -0.3 is 10.2 Å². The molecule has 1 fully saturated rings. The van der Waals surface area contributed by atoms with Gasteiger partial charge in [-0.1, -0.05) is 18.2 Å². The van der Waals surface area contributed by atoms with Gasteiger partial charge in [0.05, 0.1) is 10.8 Å². The normalized spacial score (nSPS) is 16.6. The van der Waals surface area contributed by atoms with E-state index in [1.54, 1.807) is 11.8 Å². The summed E-state index contributed by atoms with van der Waals surface area (Å²) >= 11 is 0. The molecule has 1 aliphatic rings. The number of rotatable bonds is 4. The first-order valence-corrected chi connectivity index (χ1v) is 8.86. The lowest BCUT2D eigenvalue weighted by Gasteiger charge is -2.32. The van der Waals surface area contributed by atoms with Gasteiger partial charge in [-0.05, 0) is 44.0 Å². The van der Waals surface area contributed by atoms with E-state index in [4.69, 9.17) is 0 Å². The van der Waals surface area contributed by atoms with Gasteiger partial charge in [0.2, 0.25) is 5.91 Å². The molecule has 7 heteroatoms. The van der Waals surface area contributed by atoms with Crippen molar-refractivity contribution in [2.45, 2.75) is 19.8 Å². The molecule has 27 heavy (non-hydrogen) atoms. The number of nitro benzene ring substituents is 1. The molecule has 0 spiro atoms. The molecule has 3 rings (SSSR count). The second-order valence-electron chi connectivity index (χ2n) is 6.70. The van der Waals surface area contributed by atoms with Crippen molar-refractivity contribution in [1.82, 2.24) is 4.90 Å². The molecule has 140 valence electrons. The SMILES string of the molecule is Cc1cc(C(=O)N2CCCC(C(=O)Nc3ccccc3)C2)ccc1[N+](=O)[O-]. The molecular weight excluding hydrogens is 346 g/mol. The zero-order valence-corrected chi connectivity index (χ0v) is 15.1. The molecule has 1 atom stereocenters. The number of amides is 2. The molecule has 1 unspecified atom stereocenters. The molecule has 2 aromatic rings. The summed E-state index contributed by atoms with van der Waals surface area (Å²) in [7, 11) is 0. The van der Waals surface area contributed by atoms with Gasteiger partial charge in [-0.2, -0.15) is 0 Å². The smallest absolute Gasteiger partial charge is 0.272 e. The van der Waals surface area contributed by atoms with Crippen LogP contribution in [-0.4, -0.2) is 34.7 Å². The summed E-state index contributed by atoms with van der Waals surface area (Å²) in [5.41, 5.74) is 1.57. The van der Waals surface area contributed by atoms with Crippen molar-refractivity contribution in [3.63, 3.8) is 0 Å². The topological polar surface area (TPSA) is 92.6 Å². The predicted octanol–water partition coefficient (Wildman–Crippen LogP) is 3.39. The molecule has 1 heterocycles. The third kappa shape index (κ3) is 4.31. The van der Waals surface area contributed by atoms with E-state index in [2.05, 4.69) is 5.32 Å². The molecule has 7 nitrogen and oxygen atoms in total. The fourth-order valence-electron chi connectivity index (χ4n) is 3.32. The van der Waals surface area contributed by atoms with Gasteiger partial charge >= 0.3 is 0 Å². The zero-order valence-electron chi connectivity index (χ0n) is 15.1. The van der Waals surface area contributed by atoms with Crippen molar-refractivity contribution in [2.24, 2.45) is 5.92 Å². The number of likely N-dealkylation sites (tertiary alicyclic amines) is 1. The number of carbonyl (C=O) groups excluding carboxylic acids is 2. The van der Waals surface area contributed by atoms with Crippen LogP contribution in [0.5, 0.6) is 0 Å². The van der Waals surface area contributed by atoms with E-state index in [1.807, 2.05) is 30.3 Å². The molecule has 0 bridgehead atoms. The van der Waals surface area contributed by atoms with E-state index in [9.17, 15) is 19.7 Å². The molecule has 0 aliphatic carbocycles. The minimum Gasteiger partial charge on any atom is -0.338 e. The van der Waals surface area contributed by atoms with Crippen LogP contribution in [0, 0.1) is 23.0 Å². The van der Waals surface area contributed by atoms with Crippen molar-refractivity contribution < 1.29 is 14.5 Å². The van der Waals surface area contributed by atoms with Gasteiger partial charge in [0.1, 0.15) is 0 Å². The van der Waals surface area contributed by atoms with Crippen LogP contribution in [0.4, 0.5) is 11.4 Å². The number of anilines is 1. The van der Waals surface area contributed by atoms with Crippen LogP contribution in [0.15, 0.2) is 48.5 Å². The Morgan fingerprint density at radius 1 is 1.19 bits per heavy atom. The highest BCUT2D eigenvalue weighted by Crippen LogP contribution is 2.23. The van der Waals surface area contributed by atoms with Crippen molar-refractivity contribution in [3.05, 3.63) is 69.8 Å². The molecule has 1 N–H and O–H groups in total. The van der Waals surface area contributed by atoms with Crippen LogP contribution in [0.1, 0.15) is 28.8 Å². The largest absolute Gasteiger partial charge is 0.338 e. The number of benzene rings is 2. The fourth-order valence-corrected chi connectivity index (χ4v) is 3.32. The first-order valence-electron chi connectivity index (χ1n) is 8.86. The summed E-state index contributed by atoms with van der Waals surface area (Å²) in [6.45, 7) is 2.53. The van der Waals surface area contributed by atoms with E-state index in [-0.39, 0.29) is 23.4 Å². The molecule has 1 saturated heterocycles. The highest BCUT2D eigenvalue weighted by Gasteiger charge is 2.29. The highest BCUT2D eigenvalue weighted by molar-refractivity contribution is 5.96.